The van der Waals surface area contributed by atoms with Crippen molar-refractivity contribution >= 4 is 11.5 Å². The minimum Gasteiger partial charge on any atom is -0.379 e. The third-order valence-corrected chi connectivity index (χ3v) is 4.61. The molecule has 0 saturated carbocycles. The van der Waals surface area contributed by atoms with Crippen molar-refractivity contribution in [3.63, 3.8) is 0 Å². The summed E-state index contributed by atoms with van der Waals surface area (Å²) in [4.78, 5) is 17.2. The van der Waals surface area contributed by atoms with Gasteiger partial charge in [0.05, 0.1) is 19.3 Å². The molecule has 2 fully saturated rings. The maximum absolute atomic E-state index is 12.6. The predicted molar refractivity (Wildman–Crippen MR) is 87.7 cm³/mol. The fourth-order valence-corrected chi connectivity index (χ4v) is 3.13. The minimum absolute atomic E-state index is 0.0751. The van der Waals surface area contributed by atoms with Gasteiger partial charge in [-0.15, -0.1) is 0 Å². The van der Waals surface area contributed by atoms with Crippen molar-refractivity contribution in [2.24, 2.45) is 0 Å². The molecule has 5 heteroatoms. The second-order valence-electron chi connectivity index (χ2n) is 5.97. The van der Waals surface area contributed by atoms with E-state index >= 15 is 0 Å². The molecule has 2 aliphatic heterocycles. The van der Waals surface area contributed by atoms with Gasteiger partial charge in [-0.3, -0.25) is 9.69 Å². The highest BCUT2D eigenvalue weighted by atomic mass is 16.5. The molecule has 1 aromatic carbocycles. The first kappa shape index (κ1) is 15.5. The van der Waals surface area contributed by atoms with Crippen LogP contribution < -0.4 is 10.2 Å². The summed E-state index contributed by atoms with van der Waals surface area (Å²) in [5.41, 5.74) is 2.01. The van der Waals surface area contributed by atoms with Crippen LogP contribution >= 0.6 is 0 Å². The number of Topliss-reactive ketones (excluding diaryl/α,β-unsaturated/α-hetero) is 1. The molecule has 0 spiro atoms. The van der Waals surface area contributed by atoms with Gasteiger partial charge in [-0.25, -0.2) is 0 Å². The van der Waals surface area contributed by atoms with E-state index < -0.39 is 0 Å². The van der Waals surface area contributed by atoms with Crippen molar-refractivity contribution in [1.82, 2.24) is 10.2 Å². The molecule has 5 nitrogen and oxygen atoms in total. The van der Waals surface area contributed by atoms with Gasteiger partial charge in [-0.2, -0.15) is 0 Å². The zero-order valence-corrected chi connectivity index (χ0v) is 13.3. The summed E-state index contributed by atoms with van der Waals surface area (Å²) in [6.07, 6.45) is 0. The predicted octanol–water partition coefficient (Wildman–Crippen LogP) is 1.000. The molecule has 22 heavy (non-hydrogen) atoms. The lowest BCUT2D eigenvalue weighted by Crippen LogP contribution is -2.45. The van der Waals surface area contributed by atoms with Crippen LogP contribution in [0.1, 0.15) is 17.3 Å². The van der Waals surface area contributed by atoms with Gasteiger partial charge in [0, 0.05) is 50.5 Å². The van der Waals surface area contributed by atoms with Crippen LogP contribution in [0.5, 0.6) is 0 Å². The fraction of sp³-hybridized carbons (Fsp3) is 0.588. The number of ether oxygens (including phenoxy) is 1. The zero-order chi connectivity index (χ0) is 15.4. The molecule has 1 atom stereocenters. The standard InChI is InChI=1S/C17H25N3O2/c1-14(19-10-12-22-13-11-19)17(21)15-2-4-16(5-3-15)20-8-6-18-7-9-20/h2-5,14,18H,6-13H2,1H3. The molecule has 2 heterocycles. The van der Waals surface area contributed by atoms with Gasteiger partial charge in [0.25, 0.3) is 0 Å². The highest BCUT2D eigenvalue weighted by Gasteiger charge is 2.24. The molecule has 0 amide bonds. The number of anilines is 1. The van der Waals surface area contributed by atoms with E-state index in [1.54, 1.807) is 0 Å². The Balaban J connectivity index is 1.64. The lowest BCUT2D eigenvalue weighted by Gasteiger charge is -2.31. The molecule has 0 bridgehead atoms. The first-order valence-electron chi connectivity index (χ1n) is 8.17. The van der Waals surface area contributed by atoms with E-state index in [1.165, 1.54) is 5.69 Å². The smallest absolute Gasteiger partial charge is 0.179 e. The lowest BCUT2D eigenvalue weighted by molar-refractivity contribution is 0.0208. The molecule has 3 rings (SSSR count). The van der Waals surface area contributed by atoms with E-state index in [2.05, 4.69) is 27.2 Å². The van der Waals surface area contributed by atoms with Gasteiger partial charge in [0.2, 0.25) is 0 Å². The first-order valence-corrected chi connectivity index (χ1v) is 8.17. The number of carbonyl (C=O) groups is 1. The number of carbonyl (C=O) groups excluding carboxylic acids is 1. The molecule has 120 valence electrons. The molecule has 0 aromatic heterocycles. The summed E-state index contributed by atoms with van der Waals surface area (Å²) in [6, 6.07) is 8.01. The second-order valence-corrected chi connectivity index (χ2v) is 5.97. The largest absolute Gasteiger partial charge is 0.379 e. The third kappa shape index (κ3) is 3.48. The molecule has 0 radical (unpaired) electrons. The molecule has 1 aromatic rings. The Morgan fingerprint density at radius 3 is 2.36 bits per heavy atom. The summed E-state index contributed by atoms with van der Waals surface area (Å²) in [5, 5.41) is 3.35. The average molecular weight is 303 g/mol. The van der Waals surface area contributed by atoms with Crippen LogP contribution in [0.25, 0.3) is 0 Å². The van der Waals surface area contributed by atoms with Gasteiger partial charge in [-0.1, -0.05) is 0 Å². The number of hydrogen-bond acceptors (Lipinski definition) is 5. The monoisotopic (exact) mass is 303 g/mol. The molecule has 0 aliphatic carbocycles. The molecule has 2 saturated heterocycles. The fourth-order valence-electron chi connectivity index (χ4n) is 3.13. The lowest BCUT2D eigenvalue weighted by atomic mass is 10.0. The van der Waals surface area contributed by atoms with Crippen LogP contribution in [0, 0.1) is 0 Å². The van der Waals surface area contributed by atoms with Crippen LogP contribution in [-0.4, -0.2) is 69.2 Å². The summed E-state index contributed by atoms with van der Waals surface area (Å²) >= 11 is 0. The molecule has 1 N–H and O–H groups in total. The van der Waals surface area contributed by atoms with Crippen molar-refractivity contribution in [2.75, 3.05) is 57.4 Å². The number of rotatable bonds is 4. The number of nitrogens with one attached hydrogen (secondary N) is 1. The Kier molecular flexibility index (Phi) is 5.08. The van der Waals surface area contributed by atoms with Gasteiger partial charge < -0.3 is 15.0 Å². The van der Waals surface area contributed by atoms with E-state index in [-0.39, 0.29) is 11.8 Å². The number of nitrogens with zero attached hydrogens (tertiary/aromatic N) is 2. The third-order valence-electron chi connectivity index (χ3n) is 4.61. The topological polar surface area (TPSA) is 44.8 Å². The number of morpholine rings is 1. The van der Waals surface area contributed by atoms with Gasteiger partial charge in [-0.05, 0) is 31.2 Å². The van der Waals surface area contributed by atoms with Crippen molar-refractivity contribution in [2.45, 2.75) is 13.0 Å². The van der Waals surface area contributed by atoms with E-state index in [0.29, 0.717) is 0 Å². The van der Waals surface area contributed by atoms with Crippen molar-refractivity contribution in [3.8, 4) is 0 Å². The maximum Gasteiger partial charge on any atom is 0.179 e. The number of ketones is 1. The zero-order valence-electron chi connectivity index (χ0n) is 13.3. The van der Waals surface area contributed by atoms with Crippen LogP contribution in [0.4, 0.5) is 5.69 Å². The summed E-state index contributed by atoms with van der Waals surface area (Å²) in [7, 11) is 0. The quantitative estimate of drug-likeness (QED) is 0.841. The van der Waals surface area contributed by atoms with Gasteiger partial charge in [0.1, 0.15) is 0 Å². The van der Waals surface area contributed by atoms with Crippen LogP contribution in [-0.2, 0) is 4.74 Å². The van der Waals surface area contributed by atoms with E-state index in [0.717, 1.165) is 58.0 Å². The van der Waals surface area contributed by atoms with E-state index in [9.17, 15) is 4.79 Å². The highest BCUT2D eigenvalue weighted by Crippen LogP contribution is 2.18. The number of benzene rings is 1. The Labute approximate surface area is 132 Å². The van der Waals surface area contributed by atoms with E-state index in [1.807, 2.05) is 19.1 Å². The van der Waals surface area contributed by atoms with Crippen molar-refractivity contribution in [1.29, 1.82) is 0 Å². The number of piperazine rings is 1. The van der Waals surface area contributed by atoms with Crippen LogP contribution in [0.15, 0.2) is 24.3 Å². The Hall–Kier alpha value is -1.43. The molecule has 1 unspecified atom stereocenters. The van der Waals surface area contributed by atoms with Crippen molar-refractivity contribution in [3.05, 3.63) is 29.8 Å². The second kappa shape index (κ2) is 7.22. The Bertz CT molecular complexity index is 491. The van der Waals surface area contributed by atoms with Crippen molar-refractivity contribution < 1.29 is 9.53 Å². The normalized spacial score (nSPS) is 21.6. The first-order chi connectivity index (χ1) is 10.8. The Morgan fingerprint density at radius 2 is 1.73 bits per heavy atom. The SMILES string of the molecule is CC(C(=O)c1ccc(N2CCNCC2)cc1)N1CCOCC1. The Morgan fingerprint density at radius 1 is 1.09 bits per heavy atom. The summed E-state index contributed by atoms with van der Waals surface area (Å²) in [6.45, 7) is 9.22. The van der Waals surface area contributed by atoms with E-state index in [4.69, 9.17) is 4.74 Å². The van der Waals surface area contributed by atoms with Crippen LogP contribution in [0.3, 0.4) is 0 Å². The van der Waals surface area contributed by atoms with Gasteiger partial charge >= 0.3 is 0 Å². The summed E-state index contributed by atoms with van der Waals surface area (Å²) in [5.74, 6) is 0.203. The minimum atomic E-state index is -0.0751. The van der Waals surface area contributed by atoms with Gasteiger partial charge in [0.15, 0.2) is 5.78 Å². The number of hydrogen-bond donors (Lipinski definition) is 1. The van der Waals surface area contributed by atoms with Crippen LogP contribution in [0.2, 0.25) is 0 Å². The highest BCUT2D eigenvalue weighted by molar-refractivity contribution is 6.00. The maximum atomic E-state index is 12.6. The molecular formula is C17H25N3O2. The average Bonchev–Trinajstić information content (AvgIpc) is 2.62. The molecular weight excluding hydrogens is 278 g/mol. The summed E-state index contributed by atoms with van der Waals surface area (Å²) < 4.78 is 5.35. The molecule has 2 aliphatic rings.